The molecule has 0 aliphatic rings. The Bertz CT molecular complexity index is 396. The molecule has 2 nitrogen and oxygen atoms in total. The van der Waals surface area contributed by atoms with Gasteiger partial charge in [-0.2, -0.15) is 0 Å². The van der Waals surface area contributed by atoms with E-state index in [4.69, 9.17) is 27.6 Å². The van der Waals surface area contributed by atoms with Crippen LogP contribution in [0.25, 0.3) is 11.1 Å². The molecule has 0 unspecified atom stereocenters. The molecule has 2 aromatic rings. The molecule has 0 aliphatic heterocycles. The minimum Gasteiger partial charge on any atom is -0.444 e. The van der Waals surface area contributed by atoms with E-state index < -0.39 is 0 Å². The number of nitrogens with zero attached hydrogens (tertiary/aromatic N) is 1. The van der Waals surface area contributed by atoms with Gasteiger partial charge in [0.15, 0.2) is 0 Å². The van der Waals surface area contributed by atoms with Gasteiger partial charge in [0.05, 0.1) is 15.4 Å². The summed E-state index contributed by atoms with van der Waals surface area (Å²) >= 11 is 11.6. The molecule has 0 N–H and O–H groups in total. The number of aromatic nitrogens is 1. The lowest BCUT2D eigenvalue weighted by molar-refractivity contribution is 0.603. The molecule has 11 heavy (non-hydrogen) atoms. The third kappa shape index (κ3) is 0.988. The van der Waals surface area contributed by atoms with Gasteiger partial charge in [-0.1, -0.05) is 23.2 Å². The Morgan fingerprint density at radius 1 is 1.27 bits per heavy atom. The second-order valence-electron chi connectivity index (χ2n) is 2.06. The van der Waals surface area contributed by atoms with Crippen molar-refractivity contribution in [2.45, 2.75) is 0 Å². The molecule has 0 saturated carbocycles. The standard InChI is InChI=1S/C7H3Cl2NO/c8-4-1-2-10-7-6(4)5(9)3-11-7/h1-3H. The Hall–Kier alpha value is -0.730. The number of rotatable bonds is 0. The van der Waals surface area contributed by atoms with E-state index in [9.17, 15) is 0 Å². The van der Waals surface area contributed by atoms with Crippen LogP contribution in [-0.4, -0.2) is 4.98 Å². The predicted octanol–water partition coefficient (Wildman–Crippen LogP) is 3.13. The summed E-state index contributed by atoms with van der Waals surface area (Å²) in [5, 5.41) is 1.74. The van der Waals surface area contributed by atoms with Crippen LogP contribution in [0.15, 0.2) is 22.9 Å². The summed E-state index contributed by atoms with van der Waals surface area (Å²) in [6.45, 7) is 0. The average Bonchev–Trinajstić information content (AvgIpc) is 2.34. The Morgan fingerprint density at radius 3 is 2.82 bits per heavy atom. The van der Waals surface area contributed by atoms with Gasteiger partial charge in [-0.3, -0.25) is 0 Å². The van der Waals surface area contributed by atoms with Crippen LogP contribution in [0.4, 0.5) is 0 Å². The van der Waals surface area contributed by atoms with Crippen LogP contribution in [0.3, 0.4) is 0 Å². The van der Waals surface area contributed by atoms with E-state index in [0.29, 0.717) is 21.1 Å². The van der Waals surface area contributed by atoms with Crippen molar-refractivity contribution < 1.29 is 4.42 Å². The van der Waals surface area contributed by atoms with Gasteiger partial charge in [-0.25, -0.2) is 4.98 Å². The maximum Gasteiger partial charge on any atom is 0.228 e. The summed E-state index contributed by atoms with van der Waals surface area (Å²) in [6.07, 6.45) is 3.00. The zero-order valence-corrected chi connectivity index (χ0v) is 6.86. The van der Waals surface area contributed by atoms with Crippen molar-refractivity contribution in [3.8, 4) is 0 Å². The van der Waals surface area contributed by atoms with Crippen molar-refractivity contribution in [3.63, 3.8) is 0 Å². The normalized spacial score (nSPS) is 10.7. The van der Waals surface area contributed by atoms with Gasteiger partial charge >= 0.3 is 0 Å². The first-order valence-electron chi connectivity index (χ1n) is 2.96. The smallest absolute Gasteiger partial charge is 0.228 e. The predicted molar refractivity (Wildman–Crippen MR) is 44.0 cm³/mol. The van der Waals surface area contributed by atoms with E-state index in [2.05, 4.69) is 4.98 Å². The molecule has 0 spiro atoms. The van der Waals surface area contributed by atoms with E-state index in [-0.39, 0.29) is 0 Å². The quantitative estimate of drug-likeness (QED) is 0.634. The van der Waals surface area contributed by atoms with Gasteiger partial charge < -0.3 is 4.42 Å². The second kappa shape index (κ2) is 2.40. The van der Waals surface area contributed by atoms with Crippen molar-refractivity contribution in [3.05, 3.63) is 28.6 Å². The molecular formula is C7H3Cl2NO. The van der Waals surface area contributed by atoms with E-state index in [0.717, 1.165) is 0 Å². The summed E-state index contributed by atoms with van der Waals surface area (Å²) in [7, 11) is 0. The summed E-state index contributed by atoms with van der Waals surface area (Å²) in [5.41, 5.74) is 0.475. The largest absolute Gasteiger partial charge is 0.444 e. The molecule has 0 aliphatic carbocycles. The molecule has 0 bridgehead atoms. The van der Waals surface area contributed by atoms with Crippen LogP contribution >= 0.6 is 23.2 Å². The number of hydrogen-bond donors (Lipinski definition) is 0. The molecule has 0 saturated heterocycles. The van der Waals surface area contributed by atoms with E-state index in [1.165, 1.54) is 6.26 Å². The van der Waals surface area contributed by atoms with Crippen molar-refractivity contribution in [2.24, 2.45) is 0 Å². The lowest BCUT2D eigenvalue weighted by Crippen LogP contribution is -1.72. The minimum atomic E-state index is 0.475. The molecule has 56 valence electrons. The number of halogens is 2. The molecule has 0 aromatic carbocycles. The highest BCUT2D eigenvalue weighted by Crippen LogP contribution is 2.29. The number of fused-ring (bicyclic) bond motifs is 1. The van der Waals surface area contributed by atoms with Gasteiger partial charge in [-0.05, 0) is 6.07 Å². The fraction of sp³-hybridized carbons (Fsp3) is 0. The van der Waals surface area contributed by atoms with Gasteiger partial charge in [-0.15, -0.1) is 0 Å². The Labute approximate surface area is 72.7 Å². The van der Waals surface area contributed by atoms with Crippen LogP contribution in [-0.2, 0) is 0 Å². The van der Waals surface area contributed by atoms with Crippen molar-refractivity contribution >= 4 is 34.3 Å². The lowest BCUT2D eigenvalue weighted by atomic mass is 10.3. The third-order valence-corrected chi connectivity index (χ3v) is 1.97. The molecule has 0 amide bonds. The summed E-state index contributed by atoms with van der Waals surface area (Å²) < 4.78 is 5.00. The molecule has 2 heterocycles. The fourth-order valence-electron chi connectivity index (χ4n) is 0.893. The van der Waals surface area contributed by atoms with Crippen molar-refractivity contribution in [2.75, 3.05) is 0 Å². The Morgan fingerprint density at radius 2 is 2.09 bits per heavy atom. The van der Waals surface area contributed by atoms with E-state index in [1.54, 1.807) is 12.3 Å². The Balaban J connectivity index is 2.96. The van der Waals surface area contributed by atoms with Crippen LogP contribution in [0.5, 0.6) is 0 Å². The first-order valence-corrected chi connectivity index (χ1v) is 3.72. The third-order valence-electron chi connectivity index (χ3n) is 1.38. The molecule has 0 atom stereocenters. The maximum atomic E-state index is 5.82. The molecule has 2 aromatic heterocycles. The van der Waals surface area contributed by atoms with E-state index in [1.807, 2.05) is 0 Å². The maximum absolute atomic E-state index is 5.82. The fourth-order valence-corrected chi connectivity index (χ4v) is 1.41. The van der Waals surface area contributed by atoms with Gasteiger partial charge in [0, 0.05) is 6.20 Å². The first-order chi connectivity index (χ1) is 5.29. The second-order valence-corrected chi connectivity index (χ2v) is 2.87. The van der Waals surface area contributed by atoms with Crippen molar-refractivity contribution in [1.82, 2.24) is 4.98 Å². The van der Waals surface area contributed by atoms with E-state index >= 15 is 0 Å². The van der Waals surface area contributed by atoms with Gasteiger partial charge in [0.2, 0.25) is 5.71 Å². The number of hydrogen-bond acceptors (Lipinski definition) is 2. The molecule has 0 fully saturated rings. The molecule has 4 heteroatoms. The number of pyridine rings is 1. The average molecular weight is 188 g/mol. The SMILES string of the molecule is Clc1ccnc2occ(Cl)c12. The van der Waals surface area contributed by atoms with Gasteiger partial charge in [0.25, 0.3) is 0 Å². The van der Waals surface area contributed by atoms with Gasteiger partial charge in [0.1, 0.15) is 6.26 Å². The molecule has 2 rings (SSSR count). The lowest BCUT2D eigenvalue weighted by Gasteiger charge is -1.89. The Kier molecular flexibility index (Phi) is 1.51. The van der Waals surface area contributed by atoms with Crippen LogP contribution < -0.4 is 0 Å². The van der Waals surface area contributed by atoms with Crippen LogP contribution in [0.1, 0.15) is 0 Å². The highest BCUT2D eigenvalue weighted by atomic mass is 35.5. The summed E-state index contributed by atoms with van der Waals surface area (Å²) in [4.78, 5) is 3.93. The van der Waals surface area contributed by atoms with Crippen LogP contribution in [0.2, 0.25) is 10.0 Å². The monoisotopic (exact) mass is 187 g/mol. The zero-order valence-electron chi connectivity index (χ0n) is 5.34. The highest BCUT2D eigenvalue weighted by Gasteiger charge is 2.07. The summed E-state index contributed by atoms with van der Waals surface area (Å²) in [6, 6.07) is 1.67. The molecule has 0 radical (unpaired) electrons. The summed E-state index contributed by atoms with van der Waals surface area (Å²) in [5.74, 6) is 0. The first kappa shape index (κ1) is 6.95. The number of furan rings is 1. The highest BCUT2D eigenvalue weighted by molar-refractivity contribution is 6.41. The van der Waals surface area contributed by atoms with Crippen molar-refractivity contribution in [1.29, 1.82) is 0 Å². The topological polar surface area (TPSA) is 26.0 Å². The zero-order chi connectivity index (χ0) is 7.84. The minimum absolute atomic E-state index is 0.475. The van der Waals surface area contributed by atoms with Crippen LogP contribution in [0, 0.1) is 0 Å². The molecular weight excluding hydrogens is 185 g/mol.